The van der Waals surface area contributed by atoms with Crippen LogP contribution in [0.25, 0.3) is 0 Å². The molecule has 2 fully saturated rings. The Hall–Kier alpha value is -2.34. The molecule has 160 valence electrons. The first-order valence-corrected chi connectivity index (χ1v) is 12.3. The van der Waals surface area contributed by atoms with Gasteiger partial charge in [0.05, 0.1) is 10.3 Å². The molecular formula is C24H30N2O3S. The van der Waals surface area contributed by atoms with E-state index in [1.807, 2.05) is 25.1 Å². The van der Waals surface area contributed by atoms with Gasteiger partial charge in [0.2, 0.25) is 5.91 Å². The zero-order chi connectivity index (χ0) is 21.4. The summed E-state index contributed by atoms with van der Waals surface area (Å²) in [6.45, 7) is 3.74. The highest BCUT2D eigenvalue weighted by molar-refractivity contribution is 7.92. The third-order valence-electron chi connectivity index (χ3n) is 6.43. The second kappa shape index (κ2) is 8.06. The molecule has 0 saturated heterocycles. The highest BCUT2D eigenvalue weighted by Gasteiger charge is 2.51. The Kier molecular flexibility index (Phi) is 5.62. The van der Waals surface area contributed by atoms with E-state index in [4.69, 9.17) is 0 Å². The number of anilines is 1. The molecule has 0 spiro atoms. The predicted octanol–water partition coefficient (Wildman–Crippen LogP) is 4.58. The van der Waals surface area contributed by atoms with E-state index in [0.717, 1.165) is 42.4 Å². The van der Waals surface area contributed by atoms with Crippen LogP contribution in [0.5, 0.6) is 0 Å². The van der Waals surface area contributed by atoms with Gasteiger partial charge >= 0.3 is 0 Å². The normalized spacial score (nSPS) is 18.6. The van der Waals surface area contributed by atoms with Gasteiger partial charge in [-0.2, -0.15) is 0 Å². The number of carbonyl (C=O) groups is 1. The molecule has 0 heterocycles. The molecule has 0 aliphatic heterocycles. The van der Waals surface area contributed by atoms with Crippen LogP contribution in [0.1, 0.15) is 61.6 Å². The van der Waals surface area contributed by atoms with E-state index in [2.05, 4.69) is 10.0 Å². The SMILES string of the molecule is Cc1ccc(S(=O)(=O)Nc2ccc(C3(C(=O)NC4CCCCC4)CC3)cc2)c(C)c1. The number of hydrogen-bond donors (Lipinski definition) is 2. The third-order valence-corrected chi connectivity index (χ3v) is 7.98. The van der Waals surface area contributed by atoms with E-state index in [1.165, 1.54) is 19.3 Å². The summed E-state index contributed by atoms with van der Waals surface area (Å²) in [7, 11) is -3.66. The van der Waals surface area contributed by atoms with Crippen molar-refractivity contribution in [3.05, 3.63) is 59.2 Å². The quantitative estimate of drug-likeness (QED) is 0.710. The second-order valence-corrected chi connectivity index (χ2v) is 10.5. The number of nitrogens with one attached hydrogen (secondary N) is 2. The second-order valence-electron chi connectivity index (χ2n) is 8.84. The molecule has 0 aromatic heterocycles. The molecule has 4 rings (SSSR count). The van der Waals surface area contributed by atoms with Crippen LogP contribution in [-0.4, -0.2) is 20.4 Å². The fourth-order valence-corrected chi connectivity index (χ4v) is 5.80. The van der Waals surface area contributed by atoms with Crippen LogP contribution in [0.4, 0.5) is 5.69 Å². The van der Waals surface area contributed by atoms with Crippen molar-refractivity contribution in [2.45, 2.75) is 75.1 Å². The number of rotatable bonds is 6. The van der Waals surface area contributed by atoms with Gasteiger partial charge in [0.1, 0.15) is 0 Å². The van der Waals surface area contributed by atoms with Crippen molar-refractivity contribution in [3.63, 3.8) is 0 Å². The summed E-state index contributed by atoms with van der Waals surface area (Å²) in [4.78, 5) is 13.2. The number of sulfonamides is 1. The highest BCUT2D eigenvalue weighted by Crippen LogP contribution is 2.49. The molecule has 30 heavy (non-hydrogen) atoms. The maximum atomic E-state index is 12.9. The van der Waals surface area contributed by atoms with E-state index in [1.54, 1.807) is 31.2 Å². The molecule has 2 aromatic carbocycles. The van der Waals surface area contributed by atoms with Crippen LogP contribution in [0.2, 0.25) is 0 Å². The van der Waals surface area contributed by atoms with Gasteiger partial charge in [0.15, 0.2) is 0 Å². The average molecular weight is 427 g/mol. The number of aryl methyl sites for hydroxylation is 2. The first-order chi connectivity index (χ1) is 14.3. The fraction of sp³-hybridized carbons (Fsp3) is 0.458. The first-order valence-electron chi connectivity index (χ1n) is 10.8. The van der Waals surface area contributed by atoms with E-state index >= 15 is 0 Å². The van der Waals surface area contributed by atoms with Crippen LogP contribution in [0.3, 0.4) is 0 Å². The van der Waals surface area contributed by atoms with Gasteiger partial charge in [-0.25, -0.2) is 8.42 Å². The van der Waals surface area contributed by atoms with Gasteiger partial charge in [-0.3, -0.25) is 9.52 Å². The Morgan fingerprint density at radius 3 is 2.23 bits per heavy atom. The summed E-state index contributed by atoms with van der Waals surface area (Å²) < 4.78 is 28.2. The minimum atomic E-state index is -3.66. The zero-order valence-electron chi connectivity index (χ0n) is 17.7. The number of benzene rings is 2. The summed E-state index contributed by atoms with van der Waals surface area (Å²) in [5.74, 6) is 0.123. The van der Waals surface area contributed by atoms with E-state index < -0.39 is 15.4 Å². The topological polar surface area (TPSA) is 75.3 Å². The van der Waals surface area contributed by atoms with E-state index in [9.17, 15) is 13.2 Å². The standard InChI is InChI=1S/C24H30N2O3S/c1-17-8-13-22(18(2)16-17)30(28,29)26-21-11-9-19(10-12-21)24(14-15-24)23(27)25-20-6-4-3-5-7-20/h8-13,16,20,26H,3-7,14-15H2,1-2H3,(H,25,27). The Morgan fingerprint density at radius 2 is 1.63 bits per heavy atom. The fourth-order valence-electron chi connectivity index (χ4n) is 4.51. The first kappa shape index (κ1) is 20.9. The molecule has 2 aromatic rings. The highest BCUT2D eigenvalue weighted by atomic mass is 32.2. The molecule has 0 radical (unpaired) electrons. The molecule has 5 nitrogen and oxygen atoms in total. The van der Waals surface area contributed by atoms with Gasteiger partial charge in [-0.1, -0.05) is 49.1 Å². The molecule has 2 aliphatic carbocycles. The summed E-state index contributed by atoms with van der Waals surface area (Å²) in [5.41, 5.74) is 2.77. The van der Waals surface area contributed by atoms with Crippen LogP contribution < -0.4 is 10.0 Å². The number of hydrogen-bond acceptors (Lipinski definition) is 3. The Balaban J connectivity index is 1.46. The van der Waals surface area contributed by atoms with Crippen LogP contribution in [-0.2, 0) is 20.2 Å². The Morgan fingerprint density at radius 1 is 0.967 bits per heavy atom. The summed E-state index contributed by atoms with van der Waals surface area (Å²) in [6, 6.07) is 12.9. The average Bonchev–Trinajstić information content (AvgIpc) is 3.51. The van der Waals surface area contributed by atoms with E-state index in [0.29, 0.717) is 11.7 Å². The third kappa shape index (κ3) is 4.24. The lowest BCUT2D eigenvalue weighted by molar-refractivity contribution is -0.124. The van der Waals surface area contributed by atoms with Crippen molar-refractivity contribution in [1.29, 1.82) is 0 Å². The molecule has 0 atom stereocenters. The van der Waals surface area contributed by atoms with Crippen molar-refractivity contribution in [1.82, 2.24) is 5.32 Å². The largest absolute Gasteiger partial charge is 0.353 e. The van der Waals surface area contributed by atoms with Gasteiger partial charge in [-0.05, 0) is 68.9 Å². The molecule has 2 saturated carbocycles. The van der Waals surface area contributed by atoms with Crippen molar-refractivity contribution >= 4 is 21.6 Å². The molecule has 0 unspecified atom stereocenters. The molecular weight excluding hydrogens is 396 g/mol. The maximum Gasteiger partial charge on any atom is 0.262 e. The molecule has 0 bridgehead atoms. The molecule has 2 aliphatic rings. The number of amides is 1. The van der Waals surface area contributed by atoms with E-state index in [-0.39, 0.29) is 10.8 Å². The molecule has 1 amide bonds. The summed E-state index contributed by atoms with van der Waals surface area (Å²) >= 11 is 0. The maximum absolute atomic E-state index is 12.9. The Bertz CT molecular complexity index is 1030. The van der Waals surface area contributed by atoms with Gasteiger partial charge in [0.25, 0.3) is 10.0 Å². The molecule has 6 heteroatoms. The summed E-state index contributed by atoms with van der Waals surface area (Å²) in [6.07, 6.45) is 7.47. The minimum Gasteiger partial charge on any atom is -0.353 e. The Labute approximate surface area is 179 Å². The smallest absolute Gasteiger partial charge is 0.262 e. The monoisotopic (exact) mass is 426 g/mol. The van der Waals surface area contributed by atoms with Crippen LogP contribution in [0.15, 0.2) is 47.4 Å². The lowest BCUT2D eigenvalue weighted by Gasteiger charge is -2.25. The molecule has 2 N–H and O–H groups in total. The van der Waals surface area contributed by atoms with Crippen molar-refractivity contribution in [2.24, 2.45) is 0 Å². The van der Waals surface area contributed by atoms with Crippen molar-refractivity contribution in [3.8, 4) is 0 Å². The summed E-state index contributed by atoms with van der Waals surface area (Å²) in [5, 5.41) is 3.25. The minimum absolute atomic E-state index is 0.123. The van der Waals surface area contributed by atoms with Gasteiger partial charge in [0, 0.05) is 11.7 Å². The zero-order valence-corrected chi connectivity index (χ0v) is 18.5. The van der Waals surface area contributed by atoms with Crippen LogP contribution in [0, 0.1) is 13.8 Å². The van der Waals surface area contributed by atoms with Crippen LogP contribution >= 0.6 is 0 Å². The lowest BCUT2D eigenvalue weighted by atomic mass is 9.91. The number of carbonyl (C=O) groups excluding carboxylic acids is 1. The lowest BCUT2D eigenvalue weighted by Crippen LogP contribution is -2.42. The predicted molar refractivity (Wildman–Crippen MR) is 119 cm³/mol. The van der Waals surface area contributed by atoms with Crippen molar-refractivity contribution < 1.29 is 13.2 Å². The van der Waals surface area contributed by atoms with Gasteiger partial charge < -0.3 is 5.32 Å². The van der Waals surface area contributed by atoms with Gasteiger partial charge in [-0.15, -0.1) is 0 Å². The van der Waals surface area contributed by atoms with Crippen molar-refractivity contribution in [2.75, 3.05) is 4.72 Å².